The van der Waals surface area contributed by atoms with Gasteiger partial charge in [-0.15, -0.1) is 0 Å². The van der Waals surface area contributed by atoms with Crippen molar-refractivity contribution in [3.05, 3.63) is 54.0 Å². The van der Waals surface area contributed by atoms with Crippen LogP contribution in [0.4, 0.5) is 26.5 Å². The van der Waals surface area contributed by atoms with Crippen LogP contribution in [0, 0.1) is 11.7 Å². The second-order valence-corrected chi connectivity index (χ2v) is 10.0. The number of alkyl carbamates (subject to hydrolysis) is 1. The molecule has 1 aliphatic rings. The van der Waals surface area contributed by atoms with Gasteiger partial charge in [0.25, 0.3) is 5.91 Å². The Morgan fingerprint density at radius 3 is 2.58 bits per heavy atom. The first-order valence-corrected chi connectivity index (χ1v) is 11.9. The molecule has 1 fully saturated rings. The maximum absolute atomic E-state index is 15.1. The lowest BCUT2D eigenvalue weighted by Gasteiger charge is -2.28. The van der Waals surface area contributed by atoms with Crippen molar-refractivity contribution in [3.8, 4) is 0 Å². The summed E-state index contributed by atoms with van der Waals surface area (Å²) >= 11 is 0. The summed E-state index contributed by atoms with van der Waals surface area (Å²) in [6.07, 6.45) is 3.01. The van der Waals surface area contributed by atoms with Gasteiger partial charge in [0.05, 0.1) is 17.1 Å². The SMILES string of the molecule is C[C@H](NC(=O)OC(C)(C)C)[C@H](Nc1nc(Nc2cccc3ncccc23)c(C(N)=O)cc1F)C1CC1. The summed E-state index contributed by atoms with van der Waals surface area (Å²) in [6, 6.07) is 9.57. The number of aromatic nitrogens is 2. The van der Waals surface area contributed by atoms with Crippen LogP contribution in [-0.2, 0) is 4.74 Å². The average molecular weight is 495 g/mol. The van der Waals surface area contributed by atoms with Crippen LogP contribution < -0.4 is 21.7 Å². The Labute approximate surface area is 209 Å². The van der Waals surface area contributed by atoms with Crippen LogP contribution in [0.3, 0.4) is 0 Å². The summed E-state index contributed by atoms with van der Waals surface area (Å²) in [6.45, 7) is 7.19. The van der Waals surface area contributed by atoms with E-state index in [0.29, 0.717) is 5.69 Å². The molecule has 2 aromatic heterocycles. The molecule has 9 nitrogen and oxygen atoms in total. The maximum Gasteiger partial charge on any atom is 0.407 e. The van der Waals surface area contributed by atoms with Gasteiger partial charge in [0, 0.05) is 23.3 Å². The Balaban J connectivity index is 1.62. The molecule has 36 heavy (non-hydrogen) atoms. The second kappa shape index (κ2) is 9.96. The lowest BCUT2D eigenvalue weighted by molar-refractivity contribution is 0.0501. The molecule has 3 aromatic rings. The number of nitrogens with two attached hydrogens (primary N) is 1. The van der Waals surface area contributed by atoms with E-state index in [1.54, 1.807) is 33.0 Å². The van der Waals surface area contributed by atoms with Gasteiger partial charge in [0.1, 0.15) is 11.4 Å². The minimum Gasteiger partial charge on any atom is -0.444 e. The van der Waals surface area contributed by atoms with Gasteiger partial charge in [-0.2, -0.15) is 0 Å². The molecule has 1 saturated carbocycles. The highest BCUT2D eigenvalue weighted by molar-refractivity contribution is 6.00. The number of pyridine rings is 2. The van der Waals surface area contributed by atoms with E-state index in [2.05, 4.69) is 25.9 Å². The van der Waals surface area contributed by atoms with Crippen molar-refractivity contribution in [2.45, 2.75) is 58.2 Å². The third-order valence-corrected chi connectivity index (χ3v) is 5.86. The quantitative estimate of drug-likeness (QED) is 0.356. The minimum absolute atomic E-state index is 0.0457. The van der Waals surface area contributed by atoms with E-state index in [0.717, 1.165) is 29.8 Å². The van der Waals surface area contributed by atoms with Crippen molar-refractivity contribution in [2.24, 2.45) is 11.7 Å². The Morgan fingerprint density at radius 2 is 1.92 bits per heavy atom. The summed E-state index contributed by atoms with van der Waals surface area (Å²) in [5, 5.41) is 9.91. The molecule has 2 amide bonds. The summed E-state index contributed by atoms with van der Waals surface area (Å²) in [7, 11) is 0. The molecule has 4 rings (SSSR count). The van der Waals surface area contributed by atoms with Crippen LogP contribution in [0.15, 0.2) is 42.6 Å². The summed E-state index contributed by atoms with van der Waals surface area (Å²) in [5.41, 5.74) is 6.21. The Morgan fingerprint density at radius 1 is 1.17 bits per heavy atom. The third-order valence-electron chi connectivity index (χ3n) is 5.86. The first-order valence-electron chi connectivity index (χ1n) is 11.9. The fraction of sp³-hybridized carbons (Fsp3) is 0.385. The normalized spacial score (nSPS) is 15.1. The van der Waals surface area contributed by atoms with Gasteiger partial charge in [-0.1, -0.05) is 6.07 Å². The lowest BCUT2D eigenvalue weighted by Crippen LogP contribution is -2.47. The number of rotatable bonds is 8. The molecule has 2 heterocycles. The number of anilines is 3. The number of fused-ring (bicyclic) bond motifs is 1. The Hall–Kier alpha value is -3.95. The molecule has 0 aliphatic heterocycles. The molecule has 0 spiro atoms. The lowest BCUT2D eigenvalue weighted by atomic mass is 10.0. The largest absolute Gasteiger partial charge is 0.444 e. The first kappa shape index (κ1) is 25.2. The fourth-order valence-corrected chi connectivity index (χ4v) is 4.06. The van der Waals surface area contributed by atoms with Crippen molar-refractivity contribution in [3.63, 3.8) is 0 Å². The van der Waals surface area contributed by atoms with E-state index in [1.807, 2.05) is 31.2 Å². The predicted molar refractivity (Wildman–Crippen MR) is 137 cm³/mol. The molecule has 5 N–H and O–H groups in total. The molecule has 2 atom stereocenters. The molecule has 0 bridgehead atoms. The van der Waals surface area contributed by atoms with Gasteiger partial charge in [-0.05, 0) is 76.8 Å². The van der Waals surface area contributed by atoms with Crippen molar-refractivity contribution >= 4 is 40.2 Å². The number of carbonyl (C=O) groups excluding carboxylic acids is 2. The minimum atomic E-state index is -0.812. The number of ether oxygens (including phenoxy) is 1. The van der Waals surface area contributed by atoms with Crippen molar-refractivity contribution in [2.75, 3.05) is 10.6 Å². The van der Waals surface area contributed by atoms with Gasteiger partial charge in [0.2, 0.25) is 0 Å². The van der Waals surface area contributed by atoms with Crippen molar-refractivity contribution < 1.29 is 18.7 Å². The molecule has 1 aromatic carbocycles. The number of primary amides is 1. The highest BCUT2D eigenvalue weighted by Crippen LogP contribution is 2.36. The van der Waals surface area contributed by atoms with Crippen molar-refractivity contribution in [1.29, 1.82) is 0 Å². The monoisotopic (exact) mass is 494 g/mol. The highest BCUT2D eigenvalue weighted by atomic mass is 19.1. The standard InChI is InChI=1S/C26H31FN6O3/c1-14(30-25(35)36-26(2,3)4)21(15-10-11-15)32-24-18(27)13-17(22(28)34)23(33-24)31-20-9-5-8-19-16(20)7-6-12-29-19/h5-9,12-15,21H,10-11H2,1-4H3,(H2,28,34)(H,30,35)(H2,31,32,33)/t14-,21-/m0/s1. The molecule has 0 saturated heterocycles. The van der Waals surface area contributed by atoms with E-state index in [9.17, 15) is 9.59 Å². The Bertz CT molecular complexity index is 1280. The third kappa shape index (κ3) is 5.99. The van der Waals surface area contributed by atoms with Crippen LogP contribution in [0.1, 0.15) is 50.9 Å². The average Bonchev–Trinajstić information content (AvgIpc) is 3.63. The number of hydrogen-bond donors (Lipinski definition) is 4. The van der Waals surface area contributed by atoms with Crippen LogP contribution in [0.25, 0.3) is 10.9 Å². The molecule has 0 unspecified atom stereocenters. The van der Waals surface area contributed by atoms with Gasteiger partial charge >= 0.3 is 6.09 Å². The highest BCUT2D eigenvalue weighted by Gasteiger charge is 2.37. The zero-order valence-corrected chi connectivity index (χ0v) is 20.8. The molecule has 1 aliphatic carbocycles. The van der Waals surface area contributed by atoms with Gasteiger partial charge in [-0.3, -0.25) is 9.78 Å². The number of nitrogens with zero attached hydrogens (tertiary/aromatic N) is 2. The summed E-state index contributed by atoms with van der Waals surface area (Å²) in [5.74, 6) is -1.23. The van der Waals surface area contributed by atoms with Gasteiger partial charge in [-0.25, -0.2) is 14.2 Å². The van der Waals surface area contributed by atoms with Crippen molar-refractivity contribution in [1.82, 2.24) is 15.3 Å². The van der Waals surface area contributed by atoms with Gasteiger partial charge < -0.3 is 26.4 Å². The van der Waals surface area contributed by atoms with E-state index in [4.69, 9.17) is 10.5 Å². The molecule has 190 valence electrons. The zero-order chi connectivity index (χ0) is 26.0. The molecular weight excluding hydrogens is 463 g/mol. The van der Waals surface area contributed by atoms with E-state index in [1.165, 1.54) is 0 Å². The van der Waals surface area contributed by atoms with Crippen LogP contribution in [0.5, 0.6) is 0 Å². The number of halogens is 1. The summed E-state index contributed by atoms with van der Waals surface area (Å²) in [4.78, 5) is 33.1. The summed E-state index contributed by atoms with van der Waals surface area (Å²) < 4.78 is 20.5. The van der Waals surface area contributed by atoms with Gasteiger partial charge in [0.15, 0.2) is 11.6 Å². The van der Waals surface area contributed by atoms with E-state index >= 15 is 4.39 Å². The zero-order valence-electron chi connectivity index (χ0n) is 20.8. The smallest absolute Gasteiger partial charge is 0.407 e. The second-order valence-electron chi connectivity index (χ2n) is 10.0. The van der Waals surface area contributed by atoms with Crippen LogP contribution >= 0.6 is 0 Å². The maximum atomic E-state index is 15.1. The number of benzene rings is 1. The number of hydrogen-bond acceptors (Lipinski definition) is 7. The fourth-order valence-electron chi connectivity index (χ4n) is 4.06. The first-order chi connectivity index (χ1) is 17.0. The number of nitrogens with one attached hydrogen (secondary N) is 3. The molecule has 10 heteroatoms. The number of carbonyl (C=O) groups is 2. The Kier molecular flexibility index (Phi) is 6.96. The van der Waals surface area contributed by atoms with Crippen LogP contribution in [0.2, 0.25) is 0 Å². The predicted octanol–water partition coefficient (Wildman–Crippen LogP) is 4.72. The molecular formula is C26H31FN6O3. The number of amides is 2. The van der Waals surface area contributed by atoms with E-state index < -0.39 is 23.4 Å². The van der Waals surface area contributed by atoms with Crippen LogP contribution in [-0.4, -0.2) is 39.7 Å². The van der Waals surface area contributed by atoms with E-state index in [-0.39, 0.29) is 35.2 Å². The molecule has 0 radical (unpaired) electrons. The topological polar surface area (TPSA) is 131 Å².